The van der Waals surface area contributed by atoms with Crippen LogP contribution in [0.2, 0.25) is 0 Å². The number of halogens is 1. The molecule has 0 bridgehead atoms. The maximum Gasteiger partial charge on any atom is 0.138 e. The summed E-state index contributed by atoms with van der Waals surface area (Å²) in [6.45, 7) is 6.77. The second kappa shape index (κ2) is 6.41. The zero-order valence-electron chi connectivity index (χ0n) is 12.2. The van der Waals surface area contributed by atoms with Gasteiger partial charge in [-0.25, -0.2) is 0 Å². The van der Waals surface area contributed by atoms with Crippen molar-refractivity contribution in [1.82, 2.24) is 10.5 Å². The lowest BCUT2D eigenvalue weighted by Gasteiger charge is -2.15. The quantitative estimate of drug-likeness (QED) is 0.897. The second-order valence-electron chi connectivity index (χ2n) is 4.80. The van der Waals surface area contributed by atoms with Crippen LogP contribution in [0.4, 0.5) is 0 Å². The SMILES string of the molecule is COc1ccc(C(C)NCc2c(C)noc2C)cc1Br. The Morgan fingerprint density at radius 3 is 2.70 bits per heavy atom. The minimum absolute atomic E-state index is 0.228. The molecule has 108 valence electrons. The van der Waals surface area contributed by atoms with E-state index in [0.717, 1.165) is 33.8 Å². The molecule has 0 aliphatic heterocycles. The van der Waals surface area contributed by atoms with Crippen LogP contribution in [-0.4, -0.2) is 12.3 Å². The molecule has 0 amide bonds. The Hall–Kier alpha value is -1.33. The number of hydrogen-bond acceptors (Lipinski definition) is 4. The number of aryl methyl sites for hydroxylation is 2. The van der Waals surface area contributed by atoms with Crippen LogP contribution >= 0.6 is 15.9 Å². The Bertz CT molecular complexity index is 576. The molecule has 1 aromatic carbocycles. The zero-order chi connectivity index (χ0) is 14.7. The maximum absolute atomic E-state index is 5.24. The lowest BCUT2D eigenvalue weighted by atomic mass is 10.1. The number of aromatic nitrogens is 1. The smallest absolute Gasteiger partial charge is 0.138 e. The van der Waals surface area contributed by atoms with Gasteiger partial charge in [0.2, 0.25) is 0 Å². The first kappa shape index (κ1) is 15.1. The summed E-state index contributed by atoms with van der Waals surface area (Å²) < 4.78 is 11.4. The average molecular weight is 339 g/mol. The van der Waals surface area contributed by atoms with Crippen molar-refractivity contribution >= 4 is 15.9 Å². The third-order valence-corrected chi connectivity index (χ3v) is 4.06. The monoisotopic (exact) mass is 338 g/mol. The first-order valence-corrected chi connectivity index (χ1v) is 7.30. The third-order valence-electron chi connectivity index (χ3n) is 3.44. The molecule has 4 nitrogen and oxygen atoms in total. The predicted molar refractivity (Wildman–Crippen MR) is 81.9 cm³/mol. The van der Waals surface area contributed by atoms with E-state index in [2.05, 4.69) is 45.5 Å². The van der Waals surface area contributed by atoms with E-state index in [4.69, 9.17) is 9.26 Å². The number of ether oxygens (including phenoxy) is 1. The molecule has 1 aromatic heterocycles. The predicted octanol–water partition coefficient (Wildman–Crippen LogP) is 3.91. The first-order valence-electron chi connectivity index (χ1n) is 6.51. The molecule has 1 N–H and O–H groups in total. The molecule has 0 aliphatic rings. The Morgan fingerprint density at radius 2 is 2.15 bits per heavy atom. The molecular formula is C15H19BrN2O2. The molecule has 0 fully saturated rings. The minimum atomic E-state index is 0.228. The average Bonchev–Trinajstić information content (AvgIpc) is 2.75. The van der Waals surface area contributed by atoms with E-state index in [-0.39, 0.29) is 6.04 Å². The van der Waals surface area contributed by atoms with Gasteiger partial charge in [-0.05, 0) is 54.4 Å². The van der Waals surface area contributed by atoms with E-state index in [0.29, 0.717) is 0 Å². The molecule has 1 atom stereocenters. The van der Waals surface area contributed by atoms with Crippen molar-refractivity contribution in [3.8, 4) is 5.75 Å². The van der Waals surface area contributed by atoms with Gasteiger partial charge in [0.15, 0.2) is 0 Å². The molecule has 0 radical (unpaired) electrons. The van der Waals surface area contributed by atoms with Gasteiger partial charge in [0.1, 0.15) is 11.5 Å². The van der Waals surface area contributed by atoms with Crippen LogP contribution in [0.15, 0.2) is 27.2 Å². The summed E-state index contributed by atoms with van der Waals surface area (Å²) >= 11 is 3.51. The fourth-order valence-electron chi connectivity index (χ4n) is 2.08. The number of nitrogens with zero attached hydrogens (tertiary/aromatic N) is 1. The Balaban J connectivity index is 2.05. The standard InChI is InChI=1S/C15H19BrN2O2/c1-9(12-5-6-15(19-4)14(16)7-12)17-8-13-10(2)18-20-11(13)3/h5-7,9,17H,8H2,1-4H3. The summed E-state index contributed by atoms with van der Waals surface area (Å²) in [6.07, 6.45) is 0. The van der Waals surface area contributed by atoms with Gasteiger partial charge in [-0.1, -0.05) is 11.2 Å². The van der Waals surface area contributed by atoms with Crippen LogP contribution in [0.5, 0.6) is 5.75 Å². The fourth-order valence-corrected chi connectivity index (χ4v) is 2.64. The van der Waals surface area contributed by atoms with Gasteiger partial charge >= 0.3 is 0 Å². The fraction of sp³-hybridized carbons (Fsp3) is 0.400. The van der Waals surface area contributed by atoms with Crippen LogP contribution in [0.3, 0.4) is 0 Å². The molecule has 0 saturated heterocycles. The highest BCUT2D eigenvalue weighted by molar-refractivity contribution is 9.10. The molecular weight excluding hydrogens is 320 g/mol. The van der Waals surface area contributed by atoms with Crippen LogP contribution in [0.25, 0.3) is 0 Å². The summed E-state index contributed by atoms with van der Waals surface area (Å²) in [4.78, 5) is 0. The molecule has 1 heterocycles. The largest absolute Gasteiger partial charge is 0.496 e. The van der Waals surface area contributed by atoms with Crippen LogP contribution in [0.1, 0.15) is 35.5 Å². The highest BCUT2D eigenvalue weighted by atomic mass is 79.9. The van der Waals surface area contributed by atoms with Gasteiger partial charge in [-0.2, -0.15) is 0 Å². The summed E-state index contributed by atoms with van der Waals surface area (Å²) in [5.74, 6) is 1.71. The van der Waals surface area contributed by atoms with Crippen molar-refractivity contribution in [2.75, 3.05) is 7.11 Å². The van der Waals surface area contributed by atoms with E-state index in [1.165, 1.54) is 5.56 Å². The highest BCUT2D eigenvalue weighted by Crippen LogP contribution is 2.28. The van der Waals surface area contributed by atoms with Gasteiger partial charge in [0.25, 0.3) is 0 Å². The van der Waals surface area contributed by atoms with E-state index in [1.807, 2.05) is 19.9 Å². The number of benzene rings is 1. The van der Waals surface area contributed by atoms with Crippen LogP contribution in [-0.2, 0) is 6.54 Å². The molecule has 20 heavy (non-hydrogen) atoms. The van der Waals surface area contributed by atoms with Gasteiger partial charge in [0, 0.05) is 18.2 Å². The van der Waals surface area contributed by atoms with Gasteiger partial charge in [-0.3, -0.25) is 0 Å². The van der Waals surface area contributed by atoms with Gasteiger partial charge < -0.3 is 14.6 Å². The maximum atomic E-state index is 5.24. The number of hydrogen-bond donors (Lipinski definition) is 1. The van der Waals surface area contributed by atoms with Crippen LogP contribution < -0.4 is 10.1 Å². The molecule has 0 aliphatic carbocycles. The molecule has 2 aromatic rings. The number of rotatable bonds is 5. The van der Waals surface area contributed by atoms with Crippen molar-refractivity contribution in [2.24, 2.45) is 0 Å². The highest BCUT2D eigenvalue weighted by Gasteiger charge is 2.12. The number of nitrogens with one attached hydrogen (secondary N) is 1. The Morgan fingerprint density at radius 1 is 1.40 bits per heavy atom. The van der Waals surface area contributed by atoms with Gasteiger partial charge in [-0.15, -0.1) is 0 Å². The van der Waals surface area contributed by atoms with E-state index in [9.17, 15) is 0 Å². The summed E-state index contributed by atoms with van der Waals surface area (Å²) in [6, 6.07) is 6.33. The van der Waals surface area contributed by atoms with Crippen molar-refractivity contribution in [2.45, 2.75) is 33.4 Å². The summed E-state index contributed by atoms with van der Waals surface area (Å²) in [5, 5.41) is 7.45. The van der Waals surface area contributed by atoms with E-state index < -0.39 is 0 Å². The van der Waals surface area contributed by atoms with Crippen LogP contribution in [0, 0.1) is 13.8 Å². The van der Waals surface area contributed by atoms with Crippen molar-refractivity contribution in [3.63, 3.8) is 0 Å². The third kappa shape index (κ3) is 3.22. The van der Waals surface area contributed by atoms with Crippen molar-refractivity contribution < 1.29 is 9.26 Å². The number of methoxy groups -OCH3 is 1. The van der Waals surface area contributed by atoms with Crippen molar-refractivity contribution in [3.05, 3.63) is 45.3 Å². The first-order chi connectivity index (χ1) is 9.52. The summed E-state index contributed by atoms with van der Waals surface area (Å²) in [7, 11) is 1.67. The Kier molecular flexibility index (Phi) is 4.83. The molecule has 5 heteroatoms. The molecule has 2 rings (SSSR count). The van der Waals surface area contributed by atoms with E-state index in [1.54, 1.807) is 7.11 Å². The Labute approximate surface area is 127 Å². The van der Waals surface area contributed by atoms with E-state index >= 15 is 0 Å². The molecule has 0 spiro atoms. The molecule has 1 unspecified atom stereocenters. The lowest BCUT2D eigenvalue weighted by molar-refractivity contribution is 0.391. The second-order valence-corrected chi connectivity index (χ2v) is 5.65. The molecule has 0 saturated carbocycles. The summed E-state index contributed by atoms with van der Waals surface area (Å²) in [5.41, 5.74) is 3.27. The van der Waals surface area contributed by atoms with Gasteiger partial charge in [0.05, 0.1) is 17.3 Å². The lowest BCUT2D eigenvalue weighted by Crippen LogP contribution is -2.18. The topological polar surface area (TPSA) is 47.3 Å². The minimum Gasteiger partial charge on any atom is -0.496 e. The zero-order valence-corrected chi connectivity index (χ0v) is 13.7. The normalized spacial score (nSPS) is 12.4. The van der Waals surface area contributed by atoms with Crippen molar-refractivity contribution in [1.29, 1.82) is 0 Å².